The van der Waals surface area contributed by atoms with Crippen LogP contribution >= 0.6 is 0 Å². The molecule has 1 aromatic rings. The second-order valence-electron chi connectivity index (χ2n) is 2.66. The highest BCUT2D eigenvalue weighted by Crippen LogP contribution is 2.00. The van der Waals surface area contributed by atoms with Crippen molar-refractivity contribution >= 4 is 11.7 Å². The van der Waals surface area contributed by atoms with Crippen molar-refractivity contribution in [3.63, 3.8) is 0 Å². The molecule has 0 aliphatic carbocycles. The Labute approximate surface area is 88.3 Å². The Bertz CT molecular complexity index is 388. The minimum atomic E-state index is -0.248. The van der Waals surface area contributed by atoms with E-state index in [4.69, 9.17) is 0 Å². The van der Waals surface area contributed by atoms with Crippen LogP contribution in [0.3, 0.4) is 0 Å². The summed E-state index contributed by atoms with van der Waals surface area (Å²) in [5.74, 6) is 5.94. The predicted octanol–water partition coefficient (Wildman–Crippen LogP) is 0.271. The highest BCUT2D eigenvalue weighted by Gasteiger charge is 2.04. The lowest BCUT2D eigenvalue weighted by molar-refractivity contribution is 0.0957. The summed E-state index contributed by atoms with van der Waals surface area (Å²) in [6.45, 7) is 2.28. The molecule has 1 rings (SSSR count). The maximum Gasteiger partial charge on any atom is 0.271 e. The van der Waals surface area contributed by atoms with Crippen LogP contribution in [0.5, 0.6) is 0 Å². The van der Waals surface area contributed by atoms with Crippen molar-refractivity contribution in [2.75, 3.05) is 18.9 Å². The van der Waals surface area contributed by atoms with Crippen molar-refractivity contribution in [3.05, 3.63) is 17.8 Å². The molecule has 1 aromatic heterocycles. The molecule has 0 fully saturated rings. The topological polar surface area (TPSA) is 66.9 Å². The molecule has 0 atom stereocenters. The van der Waals surface area contributed by atoms with Crippen LogP contribution in [0.1, 0.15) is 17.4 Å². The van der Waals surface area contributed by atoms with Gasteiger partial charge in [0.15, 0.2) is 5.69 Å². The molecule has 78 valence electrons. The van der Waals surface area contributed by atoms with E-state index in [1.807, 2.05) is 0 Å². The lowest BCUT2D eigenvalue weighted by Gasteiger charge is -2.01. The number of carbonyl (C=O) groups is 1. The van der Waals surface area contributed by atoms with Gasteiger partial charge in [-0.25, -0.2) is 0 Å². The number of anilines is 1. The summed E-state index contributed by atoms with van der Waals surface area (Å²) in [6, 6.07) is 3.29. The lowest BCUT2D eigenvalue weighted by Crippen LogP contribution is -2.19. The van der Waals surface area contributed by atoms with E-state index in [1.54, 1.807) is 26.1 Å². The van der Waals surface area contributed by atoms with Crippen LogP contribution in [0.25, 0.3) is 0 Å². The first-order chi connectivity index (χ1) is 7.27. The van der Waals surface area contributed by atoms with Gasteiger partial charge in [-0.05, 0) is 19.1 Å². The van der Waals surface area contributed by atoms with Crippen molar-refractivity contribution in [3.8, 4) is 11.8 Å². The van der Waals surface area contributed by atoms with Crippen molar-refractivity contribution in [1.29, 1.82) is 0 Å². The fraction of sp³-hybridized carbons (Fsp3) is 0.300. The van der Waals surface area contributed by atoms with Gasteiger partial charge in [0.2, 0.25) is 0 Å². The van der Waals surface area contributed by atoms with E-state index in [9.17, 15) is 4.79 Å². The zero-order chi connectivity index (χ0) is 11.1. The van der Waals surface area contributed by atoms with Crippen LogP contribution in [0.4, 0.5) is 5.82 Å². The van der Waals surface area contributed by atoms with Crippen LogP contribution < -0.4 is 10.6 Å². The summed E-state index contributed by atoms with van der Waals surface area (Å²) in [7, 11) is 1.55. The smallest absolute Gasteiger partial charge is 0.271 e. The highest BCUT2D eigenvalue weighted by molar-refractivity contribution is 5.91. The molecule has 0 saturated heterocycles. The summed E-state index contributed by atoms with van der Waals surface area (Å²) in [6.07, 6.45) is 0. The lowest BCUT2D eigenvalue weighted by atomic mass is 10.3. The van der Waals surface area contributed by atoms with Gasteiger partial charge in [0.05, 0.1) is 6.54 Å². The molecule has 2 N–H and O–H groups in total. The molecular weight excluding hydrogens is 192 g/mol. The second-order valence-corrected chi connectivity index (χ2v) is 2.66. The normalized spacial score (nSPS) is 8.67. The number of rotatable bonds is 3. The zero-order valence-corrected chi connectivity index (χ0v) is 8.66. The second kappa shape index (κ2) is 5.60. The Morgan fingerprint density at radius 2 is 2.27 bits per heavy atom. The Hall–Kier alpha value is -2.09. The Kier molecular flexibility index (Phi) is 4.10. The summed E-state index contributed by atoms with van der Waals surface area (Å²) < 4.78 is 0. The SMILES string of the molecule is CC#CCNc1ccc(C(=O)NC)nn1. The fourth-order valence-corrected chi connectivity index (χ4v) is 0.899. The summed E-state index contributed by atoms with van der Waals surface area (Å²) in [5.41, 5.74) is 0.296. The first-order valence-corrected chi connectivity index (χ1v) is 4.47. The third-order valence-electron chi connectivity index (χ3n) is 1.66. The van der Waals surface area contributed by atoms with Crippen LogP contribution in [-0.2, 0) is 0 Å². The van der Waals surface area contributed by atoms with Crippen molar-refractivity contribution < 1.29 is 4.79 Å². The number of nitrogens with zero attached hydrogens (tertiary/aromatic N) is 2. The largest absolute Gasteiger partial charge is 0.358 e. The summed E-state index contributed by atoms with van der Waals surface area (Å²) in [5, 5.41) is 13.0. The van der Waals surface area contributed by atoms with E-state index < -0.39 is 0 Å². The van der Waals surface area contributed by atoms with E-state index in [0.717, 1.165) is 0 Å². The van der Waals surface area contributed by atoms with Crippen LogP contribution in [-0.4, -0.2) is 29.7 Å². The molecule has 0 saturated carbocycles. The Morgan fingerprint density at radius 1 is 1.47 bits per heavy atom. The van der Waals surface area contributed by atoms with Crippen LogP contribution in [0.15, 0.2) is 12.1 Å². The molecule has 0 bridgehead atoms. The van der Waals surface area contributed by atoms with Gasteiger partial charge in [-0.3, -0.25) is 4.79 Å². The summed E-state index contributed by atoms with van der Waals surface area (Å²) >= 11 is 0. The van der Waals surface area contributed by atoms with Crippen LogP contribution in [0.2, 0.25) is 0 Å². The molecule has 1 amide bonds. The van der Waals surface area contributed by atoms with Gasteiger partial charge in [0.25, 0.3) is 5.91 Å². The van der Waals surface area contributed by atoms with Gasteiger partial charge < -0.3 is 10.6 Å². The molecular formula is C10H12N4O. The van der Waals surface area contributed by atoms with Crippen molar-refractivity contribution in [2.45, 2.75) is 6.92 Å². The number of hydrogen-bond acceptors (Lipinski definition) is 4. The number of nitrogens with one attached hydrogen (secondary N) is 2. The average molecular weight is 204 g/mol. The minimum absolute atomic E-state index is 0.248. The zero-order valence-electron chi connectivity index (χ0n) is 8.66. The van der Waals surface area contributed by atoms with E-state index in [1.165, 1.54) is 0 Å². The number of aromatic nitrogens is 2. The first-order valence-electron chi connectivity index (χ1n) is 4.47. The molecule has 5 nitrogen and oxygen atoms in total. The van der Waals surface area contributed by atoms with Crippen molar-refractivity contribution in [2.24, 2.45) is 0 Å². The highest BCUT2D eigenvalue weighted by atomic mass is 16.1. The monoisotopic (exact) mass is 204 g/mol. The van der Waals surface area contributed by atoms with Crippen LogP contribution in [0, 0.1) is 11.8 Å². The molecule has 15 heavy (non-hydrogen) atoms. The van der Waals surface area contributed by atoms with E-state index in [0.29, 0.717) is 18.1 Å². The van der Waals surface area contributed by atoms with E-state index in [2.05, 4.69) is 32.7 Å². The predicted molar refractivity (Wildman–Crippen MR) is 57.4 cm³/mol. The van der Waals surface area contributed by atoms with Gasteiger partial charge >= 0.3 is 0 Å². The quantitative estimate of drug-likeness (QED) is 0.694. The molecule has 0 radical (unpaired) electrons. The molecule has 0 spiro atoms. The van der Waals surface area contributed by atoms with Gasteiger partial charge in [0, 0.05) is 7.05 Å². The molecule has 0 aliphatic rings. The minimum Gasteiger partial charge on any atom is -0.358 e. The van der Waals surface area contributed by atoms with E-state index >= 15 is 0 Å². The fourth-order valence-electron chi connectivity index (χ4n) is 0.899. The van der Waals surface area contributed by atoms with Gasteiger partial charge in [-0.1, -0.05) is 5.92 Å². The maximum atomic E-state index is 11.1. The summed E-state index contributed by atoms with van der Waals surface area (Å²) in [4.78, 5) is 11.1. The van der Waals surface area contributed by atoms with Gasteiger partial charge in [-0.15, -0.1) is 16.1 Å². The third-order valence-corrected chi connectivity index (χ3v) is 1.66. The number of hydrogen-bond donors (Lipinski definition) is 2. The van der Waals surface area contributed by atoms with Crippen molar-refractivity contribution in [1.82, 2.24) is 15.5 Å². The molecule has 0 aliphatic heterocycles. The first kappa shape index (κ1) is 11.0. The van der Waals surface area contributed by atoms with E-state index in [-0.39, 0.29) is 5.91 Å². The molecule has 0 aromatic carbocycles. The van der Waals surface area contributed by atoms with Gasteiger partial charge in [-0.2, -0.15) is 0 Å². The third kappa shape index (κ3) is 3.27. The average Bonchev–Trinajstić information content (AvgIpc) is 2.29. The Balaban J connectivity index is 2.62. The maximum absolute atomic E-state index is 11.1. The molecule has 5 heteroatoms. The Morgan fingerprint density at radius 3 is 2.80 bits per heavy atom. The molecule has 0 unspecified atom stereocenters. The van der Waals surface area contributed by atoms with Gasteiger partial charge in [0.1, 0.15) is 5.82 Å². The molecule has 1 heterocycles. The number of amides is 1. The number of carbonyl (C=O) groups excluding carboxylic acids is 1. The standard InChI is InChI=1S/C10H12N4O/c1-3-4-7-12-9-6-5-8(13-14-9)10(15)11-2/h5-6H,7H2,1-2H3,(H,11,15)(H,12,14).